The summed E-state index contributed by atoms with van der Waals surface area (Å²) < 4.78 is 27.6. The Morgan fingerprint density at radius 3 is 2.16 bits per heavy atom. The number of sulfonamides is 1. The first-order valence-electron chi connectivity index (χ1n) is 10.8. The number of rotatable bonds is 5. The number of carbonyl (C=O) groups excluding carboxylic acids is 1. The van der Waals surface area contributed by atoms with Gasteiger partial charge in [0, 0.05) is 5.69 Å². The fourth-order valence-corrected chi connectivity index (χ4v) is 5.19. The average Bonchev–Trinajstić information content (AvgIpc) is 2.70. The highest BCUT2D eigenvalue weighted by molar-refractivity contribution is 7.89. The number of piperazine rings is 1. The highest BCUT2D eigenvalue weighted by Crippen LogP contribution is 2.24. The molecule has 0 saturated carbocycles. The monoisotopic (exact) mass is 444 g/mol. The molecule has 1 amide bonds. The van der Waals surface area contributed by atoms with Crippen molar-refractivity contribution in [1.82, 2.24) is 4.31 Å². The van der Waals surface area contributed by atoms with Crippen molar-refractivity contribution in [3.05, 3.63) is 59.2 Å². The quantitative estimate of drug-likeness (QED) is 0.742. The van der Waals surface area contributed by atoms with Crippen LogP contribution < -0.4 is 10.2 Å². The molecule has 1 saturated heterocycles. The van der Waals surface area contributed by atoms with Crippen LogP contribution in [0.3, 0.4) is 0 Å². The van der Waals surface area contributed by atoms with Gasteiger partial charge in [0.1, 0.15) is 0 Å². The van der Waals surface area contributed by atoms with Gasteiger partial charge in [-0.3, -0.25) is 4.79 Å². The summed E-state index contributed by atoms with van der Waals surface area (Å²) in [7, 11) is -3.51. The average molecular weight is 445 g/mol. The highest BCUT2D eigenvalue weighted by Gasteiger charge is 2.31. The van der Waals surface area contributed by atoms with Crippen molar-refractivity contribution in [2.45, 2.75) is 44.9 Å². The minimum absolute atomic E-state index is 0.0187. The molecule has 0 bridgehead atoms. The molecular weight excluding hydrogens is 410 g/mol. The van der Waals surface area contributed by atoms with E-state index in [2.05, 4.69) is 26.1 Å². The van der Waals surface area contributed by atoms with E-state index in [1.165, 1.54) is 9.87 Å². The molecule has 2 N–H and O–H groups in total. The van der Waals surface area contributed by atoms with E-state index in [0.717, 1.165) is 21.7 Å². The second-order valence-electron chi connectivity index (χ2n) is 9.45. The molecule has 0 atom stereocenters. The van der Waals surface area contributed by atoms with Gasteiger partial charge in [0.2, 0.25) is 10.0 Å². The molecule has 0 aromatic heterocycles. The summed E-state index contributed by atoms with van der Waals surface area (Å²) in [4.78, 5) is 13.8. The van der Waals surface area contributed by atoms with E-state index in [1.807, 2.05) is 44.2 Å². The number of hydrogen-bond donors (Lipinski definition) is 2. The van der Waals surface area contributed by atoms with E-state index in [9.17, 15) is 13.2 Å². The second-order valence-corrected chi connectivity index (χ2v) is 11.4. The van der Waals surface area contributed by atoms with Gasteiger partial charge in [-0.15, -0.1) is 0 Å². The zero-order valence-corrected chi connectivity index (χ0v) is 20.0. The maximum absolute atomic E-state index is 13.0. The topological polar surface area (TPSA) is 70.9 Å². The minimum Gasteiger partial charge on any atom is -0.325 e. The normalized spacial score (nSPS) is 16.3. The summed E-state index contributed by atoms with van der Waals surface area (Å²) in [5, 5.41) is 2.95. The molecule has 1 heterocycles. The van der Waals surface area contributed by atoms with Crippen molar-refractivity contribution < 1.29 is 18.1 Å². The van der Waals surface area contributed by atoms with Crippen LogP contribution in [-0.2, 0) is 20.2 Å². The van der Waals surface area contributed by atoms with Crippen molar-refractivity contribution in [1.29, 1.82) is 0 Å². The van der Waals surface area contributed by atoms with Crippen molar-refractivity contribution >= 4 is 21.6 Å². The standard InChI is InChI=1S/C24H33N3O3S/c1-18-6-9-21(16-19(18)2)25-23(28)17-26-12-14-27(15-13-26)31(29,30)22-10-7-20(8-11-22)24(3,4)5/h6-11,16H,12-15,17H2,1-5H3,(H,25,28)/p+1. The SMILES string of the molecule is Cc1ccc(NC(=O)C[NH+]2CCN(S(=O)(=O)c3ccc(C(C)(C)C)cc3)CC2)cc1C. The Hall–Kier alpha value is -2.22. The number of quaternary nitrogens is 1. The Bertz CT molecular complexity index is 1030. The number of anilines is 1. The molecule has 1 fully saturated rings. The predicted molar refractivity (Wildman–Crippen MR) is 124 cm³/mol. The van der Waals surface area contributed by atoms with Crippen molar-refractivity contribution in [2.24, 2.45) is 0 Å². The molecule has 2 aromatic carbocycles. The fraction of sp³-hybridized carbons (Fsp3) is 0.458. The Morgan fingerprint density at radius 1 is 1.00 bits per heavy atom. The summed E-state index contributed by atoms with van der Waals surface area (Å²) >= 11 is 0. The lowest BCUT2D eigenvalue weighted by atomic mass is 9.87. The molecule has 0 aliphatic carbocycles. The lowest BCUT2D eigenvalue weighted by Gasteiger charge is -2.31. The van der Waals surface area contributed by atoms with Crippen LogP contribution >= 0.6 is 0 Å². The largest absolute Gasteiger partial charge is 0.325 e. The number of hydrogen-bond acceptors (Lipinski definition) is 3. The molecule has 3 rings (SSSR count). The van der Waals surface area contributed by atoms with Gasteiger partial charge in [0.05, 0.1) is 31.1 Å². The number of amides is 1. The zero-order chi connectivity index (χ0) is 22.8. The minimum atomic E-state index is -3.51. The zero-order valence-electron chi connectivity index (χ0n) is 19.2. The molecule has 168 valence electrons. The molecule has 31 heavy (non-hydrogen) atoms. The molecule has 0 unspecified atom stereocenters. The summed E-state index contributed by atoms with van der Waals surface area (Å²) in [5.41, 5.74) is 4.21. The molecule has 0 radical (unpaired) electrons. The van der Waals surface area contributed by atoms with E-state index >= 15 is 0 Å². The van der Waals surface area contributed by atoms with Crippen LogP contribution in [0.25, 0.3) is 0 Å². The molecule has 6 nitrogen and oxygen atoms in total. The smallest absolute Gasteiger partial charge is 0.279 e. The summed E-state index contributed by atoms with van der Waals surface area (Å²) in [6.07, 6.45) is 0. The van der Waals surface area contributed by atoms with Gasteiger partial charge in [-0.05, 0) is 60.2 Å². The van der Waals surface area contributed by atoms with Crippen LogP contribution in [-0.4, -0.2) is 51.4 Å². The second kappa shape index (κ2) is 9.10. The molecule has 1 aliphatic rings. The van der Waals surface area contributed by atoms with E-state index in [4.69, 9.17) is 0 Å². The van der Waals surface area contributed by atoms with Gasteiger partial charge in [-0.1, -0.05) is 39.0 Å². The molecule has 7 heteroatoms. The van der Waals surface area contributed by atoms with Crippen molar-refractivity contribution in [3.63, 3.8) is 0 Å². The Balaban J connectivity index is 1.55. The lowest BCUT2D eigenvalue weighted by Crippen LogP contribution is -3.15. The van der Waals surface area contributed by atoms with Gasteiger partial charge >= 0.3 is 0 Å². The van der Waals surface area contributed by atoms with Crippen LogP contribution in [0.2, 0.25) is 0 Å². The third-order valence-corrected chi connectivity index (χ3v) is 7.90. The van der Waals surface area contributed by atoms with Crippen molar-refractivity contribution in [2.75, 3.05) is 38.0 Å². The molecule has 0 spiro atoms. The van der Waals surface area contributed by atoms with E-state index in [-0.39, 0.29) is 11.3 Å². The number of nitrogens with one attached hydrogen (secondary N) is 2. The van der Waals surface area contributed by atoms with E-state index in [1.54, 1.807) is 12.1 Å². The van der Waals surface area contributed by atoms with Crippen LogP contribution in [0.1, 0.15) is 37.5 Å². The molecular formula is C24H34N3O3S+. The van der Waals surface area contributed by atoms with Gasteiger partial charge in [-0.2, -0.15) is 4.31 Å². The lowest BCUT2D eigenvalue weighted by molar-refractivity contribution is -0.895. The van der Waals surface area contributed by atoms with Gasteiger partial charge in [0.25, 0.3) is 5.91 Å². The number of benzene rings is 2. The highest BCUT2D eigenvalue weighted by atomic mass is 32.2. The van der Waals surface area contributed by atoms with E-state index < -0.39 is 10.0 Å². The van der Waals surface area contributed by atoms with E-state index in [0.29, 0.717) is 37.6 Å². The third kappa shape index (κ3) is 5.73. The molecule has 1 aliphatic heterocycles. The first kappa shape index (κ1) is 23.4. The van der Waals surface area contributed by atoms with Crippen LogP contribution in [0, 0.1) is 13.8 Å². The number of aryl methyl sites for hydroxylation is 2. The van der Waals surface area contributed by atoms with Gasteiger partial charge < -0.3 is 10.2 Å². The first-order valence-corrected chi connectivity index (χ1v) is 12.2. The third-order valence-electron chi connectivity index (χ3n) is 5.99. The van der Waals surface area contributed by atoms with Gasteiger partial charge in [0.15, 0.2) is 6.54 Å². The number of nitrogens with zero attached hydrogens (tertiary/aromatic N) is 1. The summed E-state index contributed by atoms with van der Waals surface area (Å²) in [6.45, 7) is 12.8. The maximum atomic E-state index is 13.0. The van der Waals surface area contributed by atoms with Crippen LogP contribution in [0.15, 0.2) is 47.4 Å². The Morgan fingerprint density at radius 2 is 1.61 bits per heavy atom. The first-order chi connectivity index (χ1) is 14.5. The van der Waals surface area contributed by atoms with Gasteiger partial charge in [-0.25, -0.2) is 8.42 Å². The Kier molecular flexibility index (Phi) is 6.88. The Labute approximate surface area is 186 Å². The summed E-state index contributed by atoms with van der Waals surface area (Å²) in [6, 6.07) is 13.1. The van der Waals surface area contributed by atoms with Crippen LogP contribution in [0.5, 0.6) is 0 Å². The fourth-order valence-electron chi connectivity index (χ4n) is 3.75. The van der Waals surface area contributed by atoms with Crippen LogP contribution in [0.4, 0.5) is 5.69 Å². The maximum Gasteiger partial charge on any atom is 0.279 e. The molecule has 2 aromatic rings. The van der Waals surface area contributed by atoms with Crippen molar-refractivity contribution in [3.8, 4) is 0 Å². The predicted octanol–water partition coefficient (Wildman–Crippen LogP) is 2.13. The number of carbonyl (C=O) groups is 1. The summed E-state index contributed by atoms with van der Waals surface area (Å²) in [5.74, 6) is -0.0488.